The molecule has 0 unspecified atom stereocenters. The maximum absolute atomic E-state index is 10.5. The molecule has 106 valence electrons. The summed E-state index contributed by atoms with van der Waals surface area (Å²) in [4.78, 5) is 0. The molecule has 1 atom stereocenters. The lowest BCUT2D eigenvalue weighted by Crippen LogP contribution is -2.14. The quantitative estimate of drug-likeness (QED) is 0.801. The van der Waals surface area contributed by atoms with E-state index in [0.717, 1.165) is 25.7 Å². The van der Waals surface area contributed by atoms with Gasteiger partial charge in [-0.1, -0.05) is 49.4 Å². The van der Waals surface area contributed by atoms with Crippen LogP contribution in [0.25, 0.3) is 16.7 Å². The molecule has 0 saturated carbocycles. The lowest BCUT2D eigenvalue weighted by atomic mass is 9.77. The fraction of sp³-hybridized carbons (Fsp3) is 0.300. The molecule has 0 saturated heterocycles. The Balaban J connectivity index is 1.97. The Bertz CT molecular complexity index is 739. The maximum Gasteiger partial charge on any atom is 0.0833 e. The molecule has 21 heavy (non-hydrogen) atoms. The van der Waals surface area contributed by atoms with Gasteiger partial charge in [-0.25, -0.2) is 0 Å². The minimum atomic E-state index is -0.337. The average Bonchev–Trinajstić information content (AvgIpc) is 2.54. The van der Waals surface area contributed by atoms with Crippen LogP contribution in [0.15, 0.2) is 42.5 Å². The van der Waals surface area contributed by atoms with Crippen LogP contribution in [0.3, 0.4) is 0 Å². The third-order valence-electron chi connectivity index (χ3n) is 4.96. The summed E-state index contributed by atoms with van der Waals surface area (Å²) in [5.41, 5.74) is 9.33. The summed E-state index contributed by atoms with van der Waals surface area (Å²) in [5, 5.41) is 10.5. The number of hydrogen-bond donors (Lipinski definition) is 1. The van der Waals surface area contributed by atoms with Crippen molar-refractivity contribution in [1.29, 1.82) is 0 Å². The van der Waals surface area contributed by atoms with Crippen LogP contribution in [0, 0.1) is 0 Å². The van der Waals surface area contributed by atoms with Gasteiger partial charge in [0.25, 0.3) is 0 Å². The Morgan fingerprint density at radius 2 is 1.81 bits per heavy atom. The van der Waals surface area contributed by atoms with Gasteiger partial charge in [-0.2, -0.15) is 0 Å². The fourth-order valence-corrected chi connectivity index (χ4v) is 3.92. The first kappa shape index (κ1) is 12.8. The van der Waals surface area contributed by atoms with E-state index in [4.69, 9.17) is 0 Å². The van der Waals surface area contributed by atoms with E-state index in [1.165, 1.54) is 39.0 Å². The Morgan fingerprint density at radius 1 is 1.00 bits per heavy atom. The monoisotopic (exact) mass is 276 g/mol. The maximum atomic E-state index is 10.5. The number of rotatable bonds is 1. The Hall–Kier alpha value is -1.86. The Morgan fingerprint density at radius 3 is 2.67 bits per heavy atom. The molecule has 1 nitrogen and oxygen atoms in total. The average molecular weight is 276 g/mol. The third-order valence-corrected chi connectivity index (χ3v) is 4.96. The van der Waals surface area contributed by atoms with Crippen LogP contribution in [0.2, 0.25) is 0 Å². The van der Waals surface area contributed by atoms with Crippen molar-refractivity contribution >= 4 is 5.57 Å². The minimum absolute atomic E-state index is 0.337. The zero-order chi connectivity index (χ0) is 14.4. The molecule has 1 N–H and O–H groups in total. The molecule has 0 bridgehead atoms. The van der Waals surface area contributed by atoms with Gasteiger partial charge in [0.05, 0.1) is 6.10 Å². The first-order valence-corrected chi connectivity index (χ1v) is 7.91. The van der Waals surface area contributed by atoms with E-state index in [2.05, 4.69) is 49.4 Å². The van der Waals surface area contributed by atoms with E-state index < -0.39 is 0 Å². The van der Waals surface area contributed by atoms with E-state index >= 15 is 0 Å². The van der Waals surface area contributed by atoms with E-state index in [0.29, 0.717) is 0 Å². The molecule has 2 aliphatic rings. The predicted molar refractivity (Wildman–Crippen MR) is 87.1 cm³/mol. The molecule has 0 aliphatic heterocycles. The second kappa shape index (κ2) is 4.85. The van der Waals surface area contributed by atoms with Crippen molar-refractivity contribution < 1.29 is 5.11 Å². The van der Waals surface area contributed by atoms with Crippen LogP contribution >= 0.6 is 0 Å². The lowest BCUT2D eigenvalue weighted by molar-refractivity contribution is 0.178. The van der Waals surface area contributed by atoms with Crippen molar-refractivity contribution in [2.75, 3.05) is 0 Å². The molecule has 0 radical (unpaired) electrons. The molecule has 2 aliphatic carbocycles. The highest BCUT2D eigenvalue weighted by Crippen LogP contribution is 2.43. The van der Waals surface area contributed by atoms with E-state index in [9.17, 15) is 5.11 Å². The SMILES string of the molecule is CCC1=CC[C@@H](O)c2c1ccc1c2CCc2ccccc2-1. The molecule has 4 rings (SSSR count). The van der Waals surface area contributed by atoms with E-state index in [1.54, 1.807) is 0 Å². The van der Waals surface area contributed by atoms with Crippen LogP contribution in [0.4, 0.5) is 0 Å². The van der Waals surface area contributed by atoms with Crippen LogP contribution in [-0.4, -0.2) is 5.11 Å². The molecule has 0 aromatic heterocycles. The van der Waals surface area contributed by atoms with Crippen molar-refractivity contribution in [1.82, 2.24) is 0 Å². The van der Waals surface area contributed by atoms with Gasteiger partial charge in [0.1, 0.15) is 0 Å². The predicted octanol–water partition coefficient (Wildman–Crippen LogP) is 4.68. The zero-order valence-electron chi connectivity index (χ0n) is 12.4. The van der Waals surface area contributed by atoms with Gasteiger partial charge < -0.3 is 5.11 Å². The van der Waals surface area contributed by atoms with Crippen LogP contribution < -0.4 is 0 Å². The summed E-state index contributed by atoms with van der Waals surface area (Å²) in [6.07, 6.45) is 5.79. The van der Waals surface area contributed by atoms with Gasteiger partial charge in [0.2, 0.25) is 0 Å². The summed E-state index contributed by atoms with van der Waals surface area (Å²) in [6.45, 7) is 2.20. The van der Waals surface area contributed by atoms with Gasteiger partial charge >= 0.3 is 0 Å². The van der Waals surface area contributed by atoms with Gasteiger partial charge in [-0.15, -0.1) is 0 Å². The number of aliphatic hydroxyl groups is 1. The van der Waals surface area contributed by atoms with Crippen LogP contribution in [-0.2, 0) is 12.8 Å². The second-order valence-corrected chi connectivity index (χ2v) is 6.04. The minimum Gasteiger partial charge on any atom is -0.388 e. The lowest BCUT2D eigenvalue weighted by Gasteiger charge is -2.29. The second-order valence-electron chi connectivity index (χ2n) is 6.04. The number of aliphatic hydroxyl groups excluding tert-OH is 1. The third kappa shape index (κ3) is 1.88. The zero-order valence-corrected chi connectivity index (χ0v) is 12.4. The molecule has 0 amide bonds. The van der Waals surface area contributed by atoms with E-state index in [-0.39, 0.29) is 6.10 Å². The number of aryl methyl sites for hydroxylation is 1. The summed E-state index contributed by atoms with van der Waals surface area (Å²) in [5.74, 6) is 0. The van der Waals surface area contributed by atoms with Crippen molar-refractivity contribution in [2.45, 2.75) is 38.7 Å². The van der Waals surface area contributed by atoms with E-state index in [1.807, 2.05) is 0 Å². The Kier molecular flexibility index (Phi) is 2.97. The van der Waals surface area contributed by atoms with Crippen molar-refractivity contribution in [2.24, 2.45) is 0 Å². The standard InChI is InChI=1S/C20H20O/c1-2-13-8-12-19(21)20-16(13)10-11-17-15-6-4-3-5-14(15)7-9-18(17)20/h3-6,8,10-11,19,21H,2,7,9,12H2,1H3/t19-/m1/s1. The number of fused-ring (bicyclic) bond motifs is 5. The van der Waals surface area contributed by atoms with Crippen molar-refractivity contribution in [3.8, 4) is 11.1 Å². The summed E-state index contributed by atoms with van der Waals surface area (Å²) in [6, 6.07) is 13.1. The molecular formula is C20H20O. The first-order valence-electron chi connectivity index (χ1n) is 7.91. The van der Waals surface area contributed by atoms with Crippen LogP contribution in [0.1, 0.15) is 48.1 Å². The van der Waals surface area contributed by atoms with Crippen molar-refractivity contribution in [3.63, 3.8) is 0 Å². The first-order chi connectivity index (χ1) is 10.3. The highest BCUT2D eigenvalue weighted by Gasteiger charge is 2.26. The summed E-state index contributed by atoms with van der Waals surface area (Å²) < 4.78 is 0. The van der Waals surface area contributed by atoms with Gasteiger partial charge in [-0.3, -0.25) is 0 Å². The number of allylic oxidation sites excluding steroid dienone is 1. The van der Waals surface area contributed by atoms with Crippen molar-refractivity contribution in [3.05, 3.63) is 64.7 Å². The van der Waals surface area contributed by atoms with Gasteiger partial charge in [0.15, 0.2) is 0 Å². The summed E-state index contributed by atoms with van der Waals surface area (Å²) in [7, 11) is 0. The smallest absolute Gasteiger partial charge is 0.0833 e. The van der Waals surface area contributed by atoms with Crippen LogP contribution in [0.5, 0.6) is 0 Å². The number of hydrogen-bond acceptors (Lipinski definition) is 1. The molecule has 2 aromatic carbocycles. The fourth-order valence-electron chi connectivity index (χ4n) is 3.92. The largest absolute Gasteiger partial charge is 0.388 e. The molecule has 1 heteroatoms. The molecule has 2 aromatic rings. The molecule has 0 heterocycles. The summed E-state index contributed by atoms with van der Waals surface area (Å²) >= 11 is 0. The van der Waals surface area contributed by atoms with Gasteiger partial charge in [-0.05, 0) is 64.6 Å². The molecule has 0 spiro atoms. The molecular weight excluding hydrogens is 256 g/mol. The highest BCUT2D eigenvalue weighted by atomic mass is 16.3. The van der Waals surface area contributed by atoms with Gasteiger partial charge in [0, 0.05) is 0 Å². The Labute approximate surface area is 126 Å². The topological polar surface area (TPSA) is 20.2 Å². The number of benzene rings is 2. The molecule has 0 fully saturated rings. The highest BCUT2D eigenvalue weighted by molar-refractivity contribution is 5.80. The normalized spacial score (nSPS) is 19.3.